The zero-order valence-electron chi connectivity index (χ0n) is 13.6. The zero-order chi connectivity index (χ0) is 15.3. The number of Topliss-reactive ketones (excluding diaryl/α,β-unsaturated/α-hetero) is 1. The van der Waals surface area contributed by atoms with Gasteiger partial charge in [0.1, 0.15) is 12.2 Å². The summed E-state index contributed by atoms with van der Waals surface area (Å²) in [7, 11) is 0. The highest BCUT2D eigenvalue weighted by molar-refractivity contribution is 5.89. The molecule has 1 fully saturated rings. The quantitative estimate of drug-likeness (QED) is 0.738. The van der Waals surface area contributed by atoms with E-state index in [0.717, 1.165) is 44.7 Å². The average molecular weight is 292 g/mol. The van der Waals surface area contributed by atoms with Crippen molar-refractivity contribution in [3.63, 3.8) is 0 Å². The van der Waals surface area contributed by atoms with Crippen molar-refractivity contribution in [3.8, 4) is 0 Å². The molecule has 5 nitrogen and oxygen atoms in total. The van der Waals surface area contributed by atoms with E-state index >= 15 is 0 Å². The predicted octanol–water partition coefficient (Wildman–Crippen LogP) is 2.45. The number of hydrogen-bond donors (Lipinski definition) is 0. The number of carbonyl (C=O) groups is 1. The van der Waals surface area contributed by atoms with Gasteiger partial charge >= 0.3 is 0 Å². The molecule has 2 rings (SSSR count). The van der Waals surface area contributed by atoms with Gasteiger partial charge in [0.05, 0.1) is 12.0 Å². The lowest BCUT2D eigenvalue weighted by molar-refractivity contribution is -0.130. The number of aromatic nitrogens is 3. The summed E-state index contributed by atoms with van der Waals surface area (Å²) in [6, 6.07) is 0. The maximum Gasteiger partial charge on any atom is 0.160 e. The van der Waals surface area contributed by atoms with Crippen molar-refractivity contribution in [1.29, 1.82) is 0 Å². The highest BCUT2D eigenvalue weighted by Crippen LogP contribution is 2.30. The first kappa shape index (κ1) is 16.1. The van der Waals surface area contributed by atoms with E-state index in [1.165, 1.54) is 12.8 Å². The predicted molar refractivity (Wildman–Crippen MR) is 83.1 cm³/mol. The van der Waals surface area contributed by atoms with Crippen molar-refractivity contribution in [1.82, 2.24) is 19.7 Å². The van der Waals surface area contributed by atoms with Crippen LogP contribution in [-0.2, 0) is 17.8 Å². The maximum absolute atomic E-state index is 13.0. The van der Waals surface area contributed by atoms with Crippen LogP contribution in [0.4, 0.5) is 0 Å². The number of hydrogen-bond acceptors (Lipinski definition) is 4. The van der Waals surface area contributed by atoms with Gasteiger partial charge < -0.3 is 0 Å². The minimum Gasteiger partial charge on any atom is -0.297 e. The van der Waals surface area contributed by atoms with Gasteiger partial charge in [-0.1, -0.05) is 20.8 Å². The van der Waals surface area contributed by atoms with Crippen molar-refractivity contribution in [2.75, 3.05) is 13.1 Å². The molecule has 118 valence electrons. The second kappa shape index (κ2) is 7.16. The van der Waals surface area contributed by atoms with Crippen LogP contribution in [0.5, 0.6) is 0 Å². The molecule has 2 heterocycles. The van der Waals surface area contributed by atoms with Gasteiger partial charge in [-0.15, -0.1) is 0 Å². The van der Waals surface area contributed by atoms with Crippen LogP contribution in [0.1, 0.15) is 58.7 Å². The summed E-state index contributed by atoms with van der Waals surface area (Å²) in [5.74, 6) is 1.12. The van der Waals surface area contributed by atoms with E-state index in [4.69, 9.17) is 0 Å². The van der Waals surface area contributed by atoms with Crippen molar-refractivity contribution in [2.45, 2.75) is 71.4 Å². The molecule has 0 atom stereocenters. The molecule has 0 radical (unpaired) electrons. The summed E-state index contributed by atoms with van der Waals surface area (Å²) in [5.41, 5.74) is -0.306. The van der Waals surface area contributed by atoms with Crippen LogP contribution in [0, 0.1) is 0 Å². The first-order valence-corrected chi connectivity index (χ1v) is 8.33. The lowest BCUT2D eigenvalue weighted by Gasteiger charge is -2.39. The summed E-state index contributed by atoms with van der Waals surface area (Å²) < 4.78 is 1.87. The third-order valence-electron chi connectivity index (χ3n) is 4.85. The number of ketones is 1. The van der Waals surface area contributed by atoms with E-state index in [0.29, 0.717) is 12.2 Å². The Balaban J connectivity index is 2.16. The molecule has 0 N–H and O–H groups in total. The molecule has 0 spiro atoms. The lowest BCUT2D eigenvalue weighted by Crippen LogP contribution is -2.53. The smallest absolute Gasteiger partial charge is 0.160 e. The Labute approximate surface area is 127 Å². The summed E-state index contributed by atoms with van der Waals surface area (Å²) >= 11 is 0. The van der Waals surface area contributed by atoms with Crippen molar-refractivity contribution >= 4 is 5.78 Å². The van der Waals surface area contributed by atoms with Crippen LogP contribution in [0.2, 0.25) is 0 Å². The Bertz CT molecular complexity index is 459. The lowest BCUT2D eigenvalue weighted by atomic mass is 9.84. The third-order valence-corrected chi connectivity index (χ3v) is 4.85. The Kier molecular flexibility index (Phi) is 5.51. The SMILES string of the molecule is CCCn1ncnc1CC(=O)C(CC)(CC)N1CCCC1. The van der Waals surface area contributed by atoms with Gasteiger partial charge in [0, 0.05) is 6.54 Å². The van der Waals surface area contributed by atoms with Gasteiger partial charge in [-0.3, -0.25) is 9.69 Å². The Morgan fingerprint density at radius 2 is 1.90 bits per heavy atom. The molecule has 21 heavy (non-hydrogen) atoms. The first-order chi connectivity index (χ1) is 10.2. The maximum atomic E-state index is 13.0. The molecule has 0 bridgehead atoms. The normalized spacial score (nSPS) is 16.5. The van der Waals surface area contributed by atoms with Gasteiger partial charge in [0.2, 0.25) is 0 Å². The van der Waals surface area contributed by atoms with E-state index in [2.05, 4.69) is 35.8 Å². The Morgan fingerprint density at radius 3 is 2.48 bits per heavy atom. The monoisotopic (exact) mass is 292 g/mol. The molecule has 0 amide bonds. The minimum atomic E-state index is -0.306. The summed E-state index contributed by atoms with van der Waals surface area (Å²) in [6.45, 7) is 9.31. The van der Waals surface area contributed by atoms with Gasteiger partial charge in [-0.2, -0.15) is 5.10 Å². The summed E-state index contributed by atoms with van der Waals surface area (Å²) in [4.78, 5) is 19.7. The number of carbonyl (C=O) groups excluding carboxylic acids is 1. The molecule has 0 aliphatic carbocycles. The van der Waals surface area contributed by atoms with Gasteiger partial charge in [0.15, 0.2) is 5.78 Å². The second-order valence-corrected chi connectivity index (χ2v) is 5.93. The number of likely N-dealkylation sites (tertiary alicyclic amines) is 1. The molecular weight excluding hydrogens is 264 g/mol. The van der Waals surface area contributed by atoms with Crippen LogP contribution in [-0.4, -0.2) is 44.1 Å². The Morgan fingerprint density at radius 1 is 1.24 bits per heavy atom. The largest absolute Gasteiger partial charge is 0.297 e. The van der Waals surface area contributed by atoms with Crippen LogP contribution >= 0.6 is 0 Å². The Hall–Kier alpha value is -1.23. The van der Waals surface area contributed by atoms with E-state index in [-0.39, 0.29) is 5.54 Å². The molecule has 0 saturated carbocycles. The molecule has 0 unspecified atom stereocenters. The average Bonchev–Trinajstić information content (AvgIpc) is 3.14. The highest BCUT2D eigenvalue weighted by Gasteiger charge is 2.41. The number of nitrogens with zero attached hydrogens (tertiary/aromatic N) is 4. The topological polar surface area (TPSA) is 51.0 Å². The molecule has 0 aromatic carbocycles. The van der Waals surface area contributed by atoms with Crippen molar-refractivity contribution < 1.29 is 4.79 Å². The van der Waals surface area contributed by atoms with E-state index in [1.54, 1.807) is 6.33 Å². The summed E-state index contributed by atoms with van der Waals surface area (Å²) in [6.07, 6.45) is 7.14. The van der Waals surface area contributed by atoms with Crippen LogP contribution < -0.4 is 0 Å². The van der Waals surface area contributed by atoms with Gasteiger partial charge in [0.25, 0.3) is 0 Å². The van der Waals surface area contributed by atoms with Crippen LogP contribution in [0.15, 0.2) is 6.33 Å². The molecular formula is C16H28N4O. The van der Waals surface area contributed by atoms with E-state index in [9.17, 15) is 4.79 Å². The standard InChI is InChI=1S/C16H28N4O/c1-4-9-20-15(17-13-18-20)12-14(21)16(5-2,6-3)19-10-7-8-11-19/h13H,4-12H2,1-3H3. The van der Waals surface area contributed by atoms with Crippen molar-refractivity contribution in [2.24, 2.45) is 0 Å². The molecule has 5 heteroatoms. The number of aryl methyl sites for hydroxylation is 1. The molecule has 1 aromatic rings. The molecule has 1 saturated heterocycles. The fourth-order valence-corrected chi connectivity index (χ4v) is 3.54. The fraction of sp³-hybridized carbons (Fsp3) is 0.812. The first-order valence-electron chi connectivity index (χ1n) is 8.33. The minimum absolute atomic E-state index is 0.305. The van der Waals surface area contributed by atoms with Crippen LogP contribution in [0.25, 0.3) is 0 Å². The molecule has 1 aliphatic rings. The molecule has 1 aliphatic heterocycles. The van der Waals surface area contributed by atoms with Gasteiger partial charge in [-0.05, 0) is 45.2 Å². The molecule has 1 aromatic heterocycles. The number of rotatable bonds is 8. The fourth-order valence-electron chi connectivity index (χ4n) is 3.54. The summed E-state index contributed by atoms with van der Waals surface area (Å²) in [5, 5.41) is 4.23. The zero-order valence-corrected chi connectivity index (χ0v) is 13.6. The third kappa shape index (κ3) is 3.18. The van der Waals surface area contributed by atoms with Gasteiger partial charge in [-0.25, -0.2) is 9.67 Å². The second-order valence-electron chi connectivity index (χ2n) is 5.93. The van der Waals surface area contributed by atoms with Crippen LogP contribution in [0.3, 0.4) is 0 Å². The van der Waals surface area contributed by atoms with E-state index < -0.39 is 0 Å². The highest BCUT2D eigenvalue weighted by atomic mass is 16.1. The van der Waals surface area contributed by atoms with E-state index in [1.807, 2.05) is 4.68 Å². The van der Waals surface area contributed by atoms with Crippen molar-refractivity contribution in [3.05, 3.63) is 12.2 Å².